The first kappa shape index (κ1) is 16.4. The molecule has 0 radical (unpaired) electrons. The number of nitrogens with two attached hydrogens (primary N) is 1. The largest absolute Gasteiger partial charge is 0.244 e. The van der Waals surface area contributed by atoms with Crippen molar-refractivity contribution >= 4 is 20.0 Å². The normalized spacial score (nSPS) is 24.3. The van der Waals surface area contributed by atoms with Gasteiger partial charge in [-0.3, -0.25) is 0 Å². The van der Waals surface area contributed by atoms with Crippen molar-refractivity contribution in [1.82, 2.24) is 4.31 Å². The fraction of sp³-hybridized carbons (Fsp3) is 0.538. The molecule has 0 spiro atoms. The van der Waals surface area contributed by atoms with Crippen molar-refractivity contribution in [2.75, 3.05) is 0 Å². The Hall–Kier alpha value is -0.960. The lowest BCUT2D eigenvalue weighted by Gasteiger charge is -2.27. The van der Waals surface area contributed by atoms with Crippen LogP contribution in [0, 0.1) is 0 Å². The van der Waals surface area contributed by atoms with Gasteiger partial charge in [0.05, 0.1) is 0 Å². The minimum atomic E-state index is -4.09. The van der Waals surface area contributed by atoms with Crippen LogP contribution in [0.15, 0.2) is 34.1 Å². The summed E-state index contributed by atoms with van der Waals surface area (Å²) in [7, 11) is -7.98. The zero-order valence-corrected chi connectivity index (χ0v) is 13.7. The van der Waals surface area contributed by atoms with Gasteiger partial charge >= 0.3 is 0 Å². The zero-order chi connectivity index (χ0) is 15.8. The second-order valence-electron chi connectivity index (χ2n) is 5.32. The average Bonchev–Trinajstić information content (AvgIpc) is 2.79. The van der Waals surface area contributed by atoms with E-state index in [9.17, 15) is 16.8 Å². The van der Waals surface area contributed by atoms with E-state index in [4.69, 9.17) is 5.14 Å². The van der Waals surface area contributed by atoms with E-state index in [1.165, 1.54) is 28.6 Å². The van der Waals surface area contributed by atoms with Gasteiger partial charge in [0, 0.05) is 12.1 Å². The highest BCUT2D eigenvalue weighted by Crippen LogP contribution is 2.34. The van der Waals surface area contributed by atoms with Crippen molar-refractivity contribution in [3.05, 3.63) is 24.3 Å². The van der Waals surface area contributed by atoms with Gasteiger partial charge in [-0.05, 0) is 38.3 Å². The van der Waals surface area contributed by atoms with Crippen molar-refractivity contribution < 1.29 is 16.8 Å². The summed E-state index contributed by atoms with van der Waals surface area (Å²) in [5, 5.41) is 5.14. The maximum atomic E-state index is 12.9. The number of sulfonamides is 2. The lowest BCUT2D eigenvalue weighted by atomic mass is 10.2. The van der Waals surface area contributed by atoms with Crippen molar-refractivity contribution in [3.63, 3.8) is 0 Å². The molecule has 1 aromatic rings. The van der Waals surface area contributed by atoms with Crippen molar-refractivity contribution in [3.8, 4) is 0 Å². The first-order valence-corrected chi connectivity index (χ1v) is 9.83. The lowest BCUT2D eigenvalue weighted by molar-refractivity contribution is 0.328. The molecule has 1 saturated heterocycles. The van der Waals surface area contributed by atoms with Crippen LogP contribution in [0.4, 0.5) is 0 Å². The predicted octanol–water partition coefficient (Wildman–Crippen LogP) is 1.29. The van der Waals surface area contributed by atoms with Crippen LogP contribution in [0.25, 0.3) is 0 Å². The monoisotopic (exact) mass is 332 g/mol. The molecule has 0 aliphatic carbocycles. The number of benzene rings is 1. The molecule has 1 aromatic carbocycles. The molecule has 6 nitrogen and oxygen atoms in total. The third kappa shape index (κ3) is 2.98. The molecule has 0 amide bonds. The van der Waals surface area contributed by atoms with E-state index in [2.05, 4.69) is 0 Å². The summed E-state index contributed by atoms with van der Waals surface area (Å²) in [6.45, 7) is 3.77. The Bertz CT molecular complexity index is 728. The third-order valence-electron chi connectivity index (χ3n) is 3.89. The summed E-state index contributed by atoms with van der Waals surface area (Å²) < 4.78 is 50.5. The van der Waals surface area contributed by atoms with Gasteiger partial charge in [0.2, 0.25) is 20.0 Å². The number of hydrogen-bond donors (Lipinski definition) is 1. The summed E-state index contributed by atoms with van der Waals surface area (Å²) in [5.41, 5.74) is 0. The van der Waals surface area contributed by atoms with Crippen molar-refractivity contribution in [2.45, 2.75) is 55.0 Å². The smallest absolute Gasteiger partial charge is 0.225 e. The van der Waals surface area contributed by atoms with Gasteiger partial charge in [-0.1, -0.05) is 19.1 Å². The van der Waals surface area contributed by atoms with E-state index in [1.807, 2.05) is 13.8 Å². The molecule has 1 heterocycles. The second kappa shape index (κ2) is 5.68. The first-order chi connectivity index (χ1) is 9.69. The van der Waals surface area contributed by atoms with Crippen molar-refractivity contribution in [2.24, 2.45) is 5.14 Å². The van der Waals surface area contributed by atoms with Gasteiger partial charge in [0.25, 0.3) is 0 Å². The van der Waals surface area contributed by atoms with Gasteiger partial charge in [0.15, 0.2) is 0 Å². The molecule has 118 valence electrons. The molecule has 2 N–H and O–H groups in total. The van der Waals surface area contributed by atoms with Gasteiger partial charge in [-0.25, -0.2) is 22.0 Å². The summed E-state index contributed by atoms with van der Waals surface area (Å²) in [5.74, 6) is 0. The first-order valence-electron chi connectivity index (χ1n) is 6.85. The van der Waals surface area contributed by atoms with Crippen molar-refractivity contribution in [1.29, 1.82) is 0 Å². The number of rotatable bonds is 4. The Kier molecular flexibility index (Phi) is 4.44. The molecule has 2 rings (SSSR count). The van der Waals surface area contributed by atoms with Gasteiger partial charge in [0.1, 0.15) is 9.79 Å². The van der Waals surface area contributed by atoms with Gasteiger partial charge in [-0.2, -0.15) is 4.31 Å². The van der Waals surface area contributed by atoms with Crippen LogP contribution in [0.5, 0.6) is 0 Å². The molecular weight excluding hydrogens is 312 g/mol. The van der Waals surface area contributed by atoms with E-state index in [-0.39, 0.29) is 21.9 Å². The maximum Gasteiger partial charge on any atom is 0.244 e. The number of hydrogen-bond acceptors (Lipinski definition) is 4. The standard InChI is InChI=1S/C13H20N2O4S2/c1-3-11-9-8-10(2)15(11)21(18,19)13-7-5-4-6-12(13)20(14,16)17/h4-7,10-11H,3,8-9H2,1-2H3,(H2,14,16,17). The maximum absolute atomic E-state index is 12.9. The Balaban J connectivity index is 2.61. The van der Waals surface area contributed by atoms with E-state index >= 15 is 0 Å². The molecule has 1 aliphatic heterocycles. The van der Waals surface area contributed by atoms with Crippen LogP contribution >= 0.6 is 0 Å². The molecule has 21 heavy (non-hydrogen) atoms. The van der Waals surface area contributed by atoms with E-state index < -0.39 is 20.0 Å². The minimum Gasteiger partial charge on any atom is -0.225 e. The van der Waals surface area contributed by atoms with E-state index in [0.717, 1.165) is 12.8 Å². The molecule has 0 saturated carbocycles. The molecule has 1 fully saturated rings. The highest BCUT2D eigenvalue weighted by molar-refractivity contribution is 7.92. The Labute approximate surface area is 126 Å². The van der Waals surface area contributed by atoms with Crippen LogP contribution in [-0.4, -0.2) is 33.2 Å². The zero-order valence-electron chi connectivity index (χ0n) is 12.1. The van der Waals surface area contributed by atoms with Gasteiger partial charge < -0.3 is 0 Å². The molecule has 0 aromatic heterocycles. The summed E-state index contributed by atoms with van der Waals surface area (Å²) in [6.07, 6.45) is 2.25. The Morgan fingerprint density at radius 1 is 1.14 bits per heavy atom. The quantitative estimate of drug-likeness (QED) is 0.898. The molecule has 0 bridgehead atoms. The summed E-state index contributed by atoms with van der Waals surface area (Å²) in [6, 6.07) is 5.25. The molecule has 8 heteroatoms. The average molecular weight is 332 g/mol. The third-order valence-corrected chi connectivity index (χ3v) is 7.12. The van der Waals surface area contributed by atoms with Crippen LogP contribution in [-0.2, 0) is 20.0 Å². The summed E-state index contributed by atoms with van der Waals surface area (Å²) in [4.78, 5) is -0.585. The highest BCUT2D eigenvalue weighted by atomic mass is 32.2. The topological polar surface area (TPSA) is 97.5 Å². The highest BCUT2D eigenvalue weighted by Gasteiger charge is 2.40. The molecule has 2 unspecified atom stereocenters. The van der Waals surface area contributed by atoms with Crippen LogP contribution < -0.4 is 5.14 Å². The molecule has 2 atom stereocenters. The number of primary sulfonamides is 1. The fourth-order valence-electron chi connectivity index (χ4n) is 2.88. The van der Waals surface area contributed by atoms with E-state index in [1.54, 1.807) is 0 Å². The Morgan fingerprint density at radius 3 is 2.24 bits per heavy atom. The van der Waals surface area contributed by atoms with Gasteiger partial charge in [-0.15, -0.1) is 0 Å². The minimum absolute atomic E-state index is 0.0986. The van der Waals surface area contributed by atoms with E-state index in [0.29, 0.717) is 6.42 Å². The number of nitrogens with zero attached hydrogens (tertiary/aromatic N) is 1. The molecular formula is C13H20N2O4S2. The van der Waals surface area contributed by atoms with Crippen LogP contribution in [0.2, 0.25) is 0 Å². The van der Waals surface area contributed by atoms with Crippen LogP contribution in [0.3, 0.4) is 0 Å². The SMILES string of the molecule is CCC1CCC(C)N1S(=O)(=O)c1ccccc1S(N)(=O)=O. The fourth-order valence-corrected chi connectivity index (χ4v) is 6.18. The summed E-state index contributed by atoms with van der Waals surface area (Å²) >= 11 is 0. The predicted molar refractivity (Wildman–Crippen MR) is 79.6 cm³/mol. The second-order valence-corrected chi connectivity index (χ2v) is 8.66. The Morgan fingerprint density at radius 2 is 1.71 bits per heavy atom. The van der Waals surface area contributed by atoms with Crippen LogP contribution in [0.1, 0.15) is 33.1 Å². The lowest BCUT2D eigenvalue weighted by Crippen LogP contribution is -2.40. The molecule has 1 aliphatic rings.